The van der Waals surface area contributed by atoms with Gasteiger partial charge >= 0.3 is 0 Å². The lowest BCUT2D eigenvalue weighted by atomic mass is 10.0. The van der Waals surface area contributed by atoms with Gasteiger partial charge in [-0.15, -0.1) is 0 Å². The van der Waals surface area contributed by atoms with E-state index in [9.17, 15) is 29.1 Å². The van der Waals surface area contributed by atoms with Crippen LogP contribution >= 0.6 is 0 Å². The van der Waals surface area contributed by atoms with Crippen LogP contribution < -0.4 is 38.1 Å². The van der Waals surface area contributed by atoms with Gasteiger partial charge in [0.1, 0.15) is 29.9 Å². The van der Waals surface area contributed by atoms with Crippen LogP contribution in [0.15, 0.2) is 90.1 Å². The molecule has 1 fully saturated rings. The lowest BCUT2D eigenvalue weighted by molar-refractivity contribution is -0.134. The van der Waals surface area contributed by atoms with E-state index in [0.29, 0.717) is 12.0 Å². The number of guanidine groups is 1. The molecule has 0 spiro atoms. The van der Waals surface area contributed by atoms with E-state index in [0.717, 1.165) is 22.0 Å². The van der Waals surface area contributed by atoms with Crippen LogP contribution in [0.4, 0.5) is 0 Å². The normalized spacial score (nSPS) is 20.3. The predicted octanol–water partition coefficient (Wildman–Crippen LogP) is 0.0240. The van der Waals surface area contributed by atoms with Crippen LogP contribution in [0.5, 0.6) is 5.75 Å². The number of phenolic OH excluding ortho intramolecular Hbond substituents is 1. The van der Waals surface area contributed by atoms with Gasteiger partial charge in [-0.05, 0) is 47.7 Å². The summed E-state index contributed by atoms with van der Waals surface area (Å²) in [6.07, 6.45) is 2.31. The van der Waals surface area contributed by atoms with E-state index in [1.807, 2.05) is 30.3 Å². The highest BCUT2D eigenvalue weighted by atomic mass is 16.3. The van der Waals surface area contributed by atoms with Gasteiger partial charge in [0.05, 0.1) is 6.54 Å². The average Bonchev–Trinajstić information content (AvgIpc) is 3.54. The molecule has 1 aliphatic heterocycles. The van der Waals surface area contributed by atoms with E-state index < -0.39 is 60.2 Å². The standard InChI is InChI=1S/C37H43N9O6/c38-37(39)40-16-6-11-28-34(50)46-31(19-24-20-41-27-10-5-4-9-26(24)27)33(49)42-21-32(48)43-29(18-23-12-14-25(47)15-13-23)35(51)45-30(36(52)44-28)17-22-7-2-1-3-8-22/h1-5,7-10,12-15,20,28-31,41,47H,6,11,16-19,21H2,(H,42,49)(H,43,48)(H,44,52)(H,45,51)(H,46,50)(H4,38,39,40)/t28?,29-,30?,31-/m1/s1. The maximum Gasteiger partial charge on any atom is 0.243 e. The molecule has 272 valence electrons. The first-order valence-corrected chi connectivity index (χ1v) is 17.0. The molecule has 0 bridgehead atoms. The van der Waals surface area contributed by atoms with Crippen LogP contribution in [-0.2, 0) is 43.2 Å². The number of aromatic hydroxyl groups is 1. The Kier molecular flexibility index (Phi) is 12.4. The van der Waals surface area contributed by atoms with Crippen molar-refractivity contribution in [3.63, 3.8) is 0 Å². The van der Waals surface area contributed by atoms with E-state index >= 15 is 0 Å². The maximum atomic E-state index is 14.0. The Bertz CT molecular complexity index is 1910. The third-order valence-corrected chi connectivity index (χ3v) is 8.68. The number of H-pyrrole nitrogens is 1. The first kappa shape index (κ1) is 36.9. The molecule has 4 atom stereocenters. The molecular weight excluding hydrogens is 666 g/mol. The number of fused-ring (bicyclic) bond motifs is 1. The zero-order valence-corrected chi connectivity index (χ0v) is 28.4. The van der Waals surface area contributed by atoms with Gasteiger partial charge in [0, 0.05) is 42.9 Å². The van der Waals surface area contributed by atoms with Crippen molar-refractivity contribution in [2.45, 2.75) is 56.3 Å². The summed E-state index contributed by atoms with van der Waals surface area (Å²) in [5.41, 5.74) is 13.9. The van der Waals surface area contributed by atoms with Gasteiger partial charge in [0.2, 0.25) is 29.5 Å². The number of nitrogens with one attached hydrogen (secondary N) is 6. The second kappa shape index (κ2) is 17.5. The second-order valence-electron chi connectivity index (χ2n) is 12.6. The van der Waals surface area contributed by atoms with Gasteiger partial charge in [-0.1, -0.05) is 60.7 Å². The topological polar surface area (TPSA) is 246 Å². The number of hydrogen-bond donors (Lipinski definition) is 9. The molecule has 15 nitrogen and oxygen atoms in total. The Morgan fingerprint density at radius 1 is 0.673 bits per heavy atom. The monoisotopic (exact) mass is 709 g/mol. The number of nitrogens with two attached hydrogens (primary N) is 2. The third-order valence-electron chi connectivity index (χ3n) is 8.68. The molecular formula is C37H43N9O6. The van der Waals surface area contributed by atoms with Gasteiger partial charge < -0.3 is 48.1 Å². The van der Waals surface area contributed by atoms with Crippen molar-refractivity contribution in [3.05, 3.63) is 102 Å². The zero-order chi connectivity index (χ0) is 37.0. The Morgan fingerprint density at radius 3 is 1.94 bits per heavy atom. The van der Waals surface area contributed by atoms with Gasteiger partial charge in [0.25, 0.3) is 0 Å². The van der Waals surface area contributed by atoms with Gasteiger partial charge in [-0.2, -0.15) is 0 Å². The highest BCUT2D eigenvalue weighted by Crippen LogP contribution is 2.20. The number of rotatable bonds is 10. The van der Waals surface area contributed by atoms with Crippen LogP contribution in [0, 0.1) is 0 Å². The highest BCUT2D eigenvalue weighted by Gasteiger charge is 2.33. The molecule has 1 aromatic heterocycles. The van der Waals surface area contributed by atoms with Crippen LogP contribution in [0.3, 0.4) is 0 Å². The Hall–Kier alpha value is -6.38. The Morgan fingerprint density at radius 2 is 1.25 bits per heavy atom. The first-order chi connectivity index (χ1) is 25.0. The minimum Gasteiger partial charge on any atom is -0.508 e. The summed E-state index contributed by atoms with van der Waals surface area (Å²) in [5, 5.41) is 24.3. The molecule has 15 heteroatoms. The summed E-state index contributed by atoms with van der Waals surface area (Å²) in [7, 11) is 0. The minimum atomic E-state index is -1.16. The number of para-hydroxylation sites is 1. The van der Waals surface area contributed by atoms with E-state index in [-0.39, 0.29) is 43.9 Å². The fourth-order valence-electron chi connectivity index (χ4n) is 5.99. The first-order valence-electron chi connectivity index (χ1n) is 17.0. The van der Waals surface area contributed by atoms with Gasteiger partial charge in [0.15, 0.2) is 5.96 Å². The van der Waals surface area contributed by atoms with Gasteiger partial charge in [-0.25, -0.2) is 0 Å². The number of aromatic nitrogens is 1. The lowest BCUT2D eigenvalue weighted by Gasteiger charge is -2.26. The van der Waals surface area contributed by atoms with E-state index in [4.69, 9.17) is 11.5 Å². The summed E-state index contributed by atoms with van der Waals surface area (Å²) in [6, 6.07) is 18.0. The zero-order valence-electron chi connectivity index (χ0n) is 28.4. The third kappa shape index (κ3) is 10.3. The molecule has 11 N–H and O–H groups in total. The largest absolute Gasteiger partial charge is 0.508 e. The molecule has 52 heavy (non-hydrogen) atoms. The molecule has 1 saturated heterocycles. The van der Waals surface area contributed by atoms with E-state index in [1.165, 1.54) is 12.1 Å². The fourth-order valence-corrected chi connectivity index (χ4v) is 5.99. The molecule has 4 aromatic rings. The van der Waals surface area contributed by atoms with Crippen molar-refractivity contribution in [1.29, 1.82) is 0 Å². The molecule has 0 radical (unpaired) electrons. The Balaban J connectivity index is 1.48. The van der Waals surface area contributed by atoms with Crippen molar-refractivity contribution in [2.24, 2.45) is 16.5 Å². The molecule has 5 amide bonds. The van der Waals surface area contributed by atoms with Crippen molar-refractivity contribution >= 4 is 46.4 Å². The van der Waals surface area contributed by atoms with E-state index in [2.05, 4.69) is 36.6 Å². The molecule has 1 aliphatic rings. The minimum absolute atomic E-state index is 0.0160. The summed E-state index contributed by atoms with van der Waals surface area (Å²) < 4.78 is 0. The van der Waals surface area contributed by atoms with Crippen molar-refractivity contribution in [1.82, 2.24) is 31.6 Å². The number of aromatic amines is 1. The van der Waals surface area contributed by atoms with Gasteiger partial charge in [-0.3, -0.25) is 29.0 Å². The van der Waals surface area contributed by atoms with Crippen LogP contribution in [-0.4, -0.2) is 82.8 Å². The molecule has 5 rings (SSSR count). The second-order valence-corrected chi connectivity index (χ2v) is 12.6. The molecule has 0 aliphatic carbocycles. The maximum absolute atomic E-state index is 14.0. The van der Waals surface area contributed by atoms with Crippen LogP contribution in [0.2, 0.25) is 0 Å². The number of amides is 5. The Labute approximate surface area is 300 Å². The quantitative estimate of drug-likeness (QED) is 0.0616. The summed E-state index contributed by atoms with van der Waals surface area (Å²) in [5.74, 6) is -3.36. The average molecular weight is 710 g/mol. The van der Waals surface area contributed by atoms with E-state index in [1.54, 1.807) is 42.6 Å². The summed E-state index contributed by atoms with van der Waals surface area (Å²) >= 11 is 0. The van der Waals surface area contributed by atoms with Crippen molar-refractivity contribution < 1.29 is 29.1 Å². The van der Waals surface area contributed by atoms with Crippen molar-refractivity contribution in [3.8, 4) is 5.75 Å². The number of nitrogens with zero attached hydrogens (tertiary/aromatic N) is 1. The summed E-state index contributed by atoms with van der Waals surface area (Å²) in [4.78, 5) is 76.0. The number of aliphatic imine (C=N–C) groups is 1. The summed E-state index contributed by atoms with van der Waals surface area (Å²) in [6.45, 7) is -0.316. The number of hydrogen-bond acceptors (Lipinski definition) is 7. The highest BCUT2D eigenvalue weighted by molar-refractivity contribution is 5.97. The SMILES string of the molecule is NC(N)=NCCCC1NC(=O)C(Cc2ccccc2)NC(=O)[C@@H](Cc2ccc(O)cc2)NC(=O)CNC(=O)[C@@H](Cc2c[nH]c3ccccc23)NC1=O. The number of phenols is 1. The predicted molar refractivity (Wildman–Crippen MR) is 195 cm³/mol. The van der Waals surface area contributed by atoms with Crippen LogP contribution in [0.25, 0.3) is 10.9 Å². The number of carbonyl (C=O) groups excluding carboxylic acids is 5. The van der Waals surface area contributed by atoms with Crippen molar-refractivity contribution in [2.75, 3.05) is 13.1 Å². The van der Waals surface area contributed by atoms with Crippen LogP contribution in [0.1, 0.15) is 29.5 Å². The smallest absolute Gasteiger partial charge is 0.243 e. The fraction of sp³-hybridized carbons (Fsp3) is 0.297. The lowest BCUT2D eigenvalue weighted by Crippen LogP contribution is -2.58. The number of benzene rings is 3. The molecule has 0 saturated carbocycles. The number of carbonyl (C=O) groups is 5. The molecule has 2 unspecified atom stereocenters. The molecule has 3 aromatic carbocycles. The molecule has 2 heterocycles.